The second-order valence-electron chi connectivity index (χ2n) is 3.69. The highest BCUT2D eigenvalue weighted by molar-refractivity contribution is 7.92. The molecular weight excluding hydrogens is 270 g/mol. The van der Waals surface area contributed by atoms with Gasteiger partial charge in [-0.3, -0.25) is 9.71 Å². The molecule has 0 aliphatic rings. The third kappa shape index (κ3) is 2.69. The predicted molar refractivity (Wildman–Crippen MR) is 72.0 cm³/mol. The van der Waals surface area contributed by atoms with E-state index in [0.717, 1.165) is 4.88 Å². The molecule has 0 unspecified atom stereocenters. The fourth-order valence-corrected chi connectivity index (χ4v) is 3.68. The minimum Gasteiger partial charge on any atom is -0.326 e. The smallest absolute Gasteiger partial charge is 0.262 e. The Morgan fingerprint density at radius 3 is 2.89 bits per heavy atom. The Kier molecular flexibility index (Phi) is 3.65. The summed E-state index contributed by atoms with van der Waals surface area (Å²) in [4.78, 5) is 5.10. The Hall–Kier alpha value is -1.44. The van der Waals surface area contributed by atoms with Crippen molar-refractivity contribution in [2.24, 2.45) is 5.73 Å². The zero-order valence-electron chi connectivity index (χ0n) is 9.75. The summed E-state index contributed by atoms with van der Waals surface area (Å²) in [6.45, 7) is 2.09. The average molecular weight is 283 g/mol. The molecule has 96 valence electrons. The zero-order chi connectivity index (χ0) is 13.2. The van der Waals surface area contributed by atoms with Crippen LogP contribution in [0.5, 0.6) is 0 Å². The molecule has 2 rings (SSSR count). The normalized spacial score (nSPS) is 11.4. The van der Waals surface area contributed by atoms with E-state index in [1.54, 1.807) is 36.7 Å². The van der Waals surface area contributed by atoms with Crippen LogP contribution in [-0.2, 0) is 16.6 Å². The second-order valence-corrected chi connectivity index (χ2v) is 6.37. The summed E-state index contributed by atoms with van der Waals surface area (Å²) in [5.74, 6) is 0. The third-order valence-electron chi connectivity index (χ3n) is 2.39. The van der Waals surface area contributed by atoms with Crippen molar-refractivity contribution >= 4 is 27.0 Å². The first-order valence-corrected chi connectivity index (χ1v) is 7.61. The summed E-state index contributed by atoms with van der Waals surface area (Å²) in [5, 5.41) is 1.58. The number of aryl methyl sites for hydroxylation is 1. The van der Waals surface area contributed by atoms with E-state index in [1.807, 2.05) is 0 Å². The molecule has 3 N–H and O–H groups in total. The van der Waals surface area contributed by atoms with E-state index in [1.165, 1.54) is 11.3 Å². The molecule has 0 aromatic carbocycles. The van der Waals surface area contributed by atoms with Gasteiger partial charge in [0.1, 0.15) is 0 Å². The van der Waals surface area contributed by atoms with E-state index < -0.39 is 10.0 Å². The van der Waals surface area contributed by atoms with Gasteiger partial charge in [-0.1, -0.05) is 0 Å². The fourth-order valence-electron chi connectivity index (χ4n) is 1.40. The highest BCUT2D eigenvalue weighted by atomic mass is 32.2. The van der Waals surface area contributed by atoms with Gasteiger partial charge in [-0.05, 0) is 25.1 Å². The summed E-state index contributed by atoms with van der Waals surface area (Å²) < 4.78 is 26.7. The summed E-state index contributed by atoms with van der Waals surface area (Å²) >= 11 is 1.33. The molecule has 2 aromatic rings. The van der Waals surface area contributed by atoms with E-state index in [2.05, 4.69) is 9.71 Å². The van der Waals surface area contributed by atoms with Crippen molar-refractivity contribution in [2.75, 3.05) is 4.72 Å². The molecule has 0 radical (unpaired) electrons. The standard InChI is InChI=1S/C11H13N3O2S2/c1-8-11(3-2-4-13-8)14-18(15,16)10-5-9(6-12)17-7-10/h2-5,7,14H,6,12H2,1H3. The maximum Gasteiger partial charge on any atom is 0.262 e. The number of nitrogens with two attached hydrogens (primary N) is 1. The van der Waals surface area contributed by atoms with Gasteiger partial charge in [0, 0.05) is 23.0 Å². The molecule has 0 aliphatic carbocycles. The minimum atomic E-state index is -3.56. The number of aromatic nitrogens is 1. The predicted octanol–water partition coefficient (Wildman–Crippen LogP) is 1.71. The Morgan fingerprint density at radius 2 is 2.28 bits per heavy atom. The van der Waals surface area contributed by atoms with E-state index in [4.69, 9.17) is 5.73 Å². The Balaban J connectivity index is 2.30. The van der Waals surface area contributed by atoms with Crippen molar-refractivity contribution < 1.29 is 8.42 Å². The van der Waals surface area contributed by atoms with Gasteiger partial charge in [0.2, 0.25) is 0 Å². The van der Waals surface area contributed by atoms with Crippen molar-refractivity contribution in [1.29, 1.82) is 0 Å². The molecule has 0 aliphatic heterocycles. The molecule has 0 saturated carbocycles. The lowest BCUT2D eigenvalue weighted by molar-refractivity contribution is 0.601. The monoisotopic (exact) mass is 283 g/mol. The van der Waals surface area contributed by atoms with E-state index in [-0.39, 0.29) is 4.90 Å². The molecule has 0 atom stereocenters. The van der Waals surface area contributed by atoms with Crippen LogP contribution in [0.1, 0.15) is 10.6 Å². The lowest BCUT2D eigenvalue weighted by Crippen LogP contribution is -2.13. The molecule has 2 aromatic heterocycles. The number of sulfonamides is 1. The molecule has 0 spiro atoms. The first-order chi connectivity index (χ1) is 8.53. The molecule has 2 heterocycles. The minimum absolute atomic E-state index is 0.233. The summed E-state index contributed by atoms with van der Waals surface area (Å²) in [7, 11) is -3.56. The van der Waals surface area contributed by atoms with Crippen LogP contribution >= 0.6 is 11.3 Å². The number of pyridine rings is 1. The van der Waals surface area contributed by atoms with Crippen LogP contribution < -0.4 is 10.5 Å². The molecule has 0 saturated heterocycles. The second kappa shape index (κ2) is 5.05. The molecule has 0 bridgehead atoms. The van der Waals surface area contributed by atoms with Crippen LogP contribution in [0.15, 0.2) is 34.7 Å². The molecule has 7 heteroatoms. The molecule has 0 amide bonds. The van der Waals surface area contributed by atoms with Gasteiger partial charge in [0.25, 0.3) is 10.0 Å². The van der Waals surface area contributed by atoms with Crippen molar-refractivity contribution in [3.05, 3.63) is 40.3 Å². The van der Waals surface area contributed by atoms with Crippen LogP contribution in [0.2, 0.25) is 0 Å². The summed E-state index contributed by atoms with van der Waals surface area (Å²) in [5.41, 5.74) is 6.59. The SMILES string of the molecule is Cc1ncccc1NS(=O)(=O)c1csc(CN)c1. The topological polar surface area (TPSA) is 85.1 Å². The van der Waals surface area contributed by atoms with E-state index >= 15 is 0 Å². The maximum absolute atomic E-state index is 12.1. The fraction of sp³-hybridized carbons (Fsp3) is 0.182. The van der Waals surface area contributed by atoms with Gasteiger partial charge >= 0.3 is 0 Å². The van der Waals surface area contributed by atoms with Gasteiger partial charge in [-0.2, -0.15) is 0 Å². The van der Waals surface area contributed by atoms with Crippen LogP contribution in [0, 0.1) is 6.92 Å². The number of hydrogen-bond acceptors (Lipinski definition) is 5. The summed E-state index contributed by atoms with van der Waals surface area (Å²) in [6, 6.07) is 4.94. The van der Waals surface area contributed by atoms with Crippen molar-refractivity contribution in [3.8, 4) is 0 Å². The van der Waals surface area contributed by atoms with Crippen LogP contribution in [0.4, 0.5) is 5.69 Å². The van der Waals surface area contributed by atoms with Gasteiger partial charge < -0.3 is 5.73 Å². The first kappa shape index (κ1) is 13.0. The number of rotatable bonds is 4. The molecule has 0 fully saturated rings. The van der Waals surface area contributed by atoms with Crippen molar-refractivity contribution in [3.63, 3.8) is 0 Å². The first-order valence-electron chi connectivity index (χ1n) is 5.25. The van der Waals surface area contributed by atoms with Gasteiger partial charge in [0.05, 0.1) is 16.3 Å². The third-order valence-corrected chi connectivity index (χ3v) is 4.85. The van der Waals surface area contributed by atoms with Gasteiger partial charge in [0.15, 0.2) is 0 Å². The van der Waals surface area contributed by atoms with Crippen molar-refractivity contribution in [2.45, 2.75) is 18.4 Å². The number of thiophene rings is 1. The van der Waals surface area contributed by atoms with E-state index in [0.29, 0.717) is 17.9 Å². The van der Waals surface area contributed by atoms with Gasteiger partial charge in [-0.15, -0.1) is 11.3 Å². The van der Waals surface area contributed by atoms with Crippen LogP contribution in [-0.4, -0.2) is 13.4 Å². The molecule has 18 heavy (non-hydrogen) atoms. The largest absolute Gasteiger partial charge is 0.326 e. The van der Waals surface area contributed by atoms with Crippen LogP contribution in [0.3, 0.4) is 0 Å². The highest BCUT2D eigenvalue weighted by Gasteiger charge is 2.17. The summed E-state index contributed by atoms with van der Waals surface area (Å²) in [6.07, 6.45) is 1.62. The Labute approximate surface area is 110 Å². The van der Waals surface area contributed by atoms with Gasteiger partial charge in [-0.25, -0.2) is 8.42 Å². The lowest BCUT2D eigenvalue weighted by atomic mass is 10.3. The molecular formula is C11H13N3O2S2. The average Bonchev–Trinajstić information content (AvgIpc) is 2.81. The quantitative estimate of drug-likeness (QED) is 0.894. The van der Waals surface area contributed by atoms with Crippen LogP contribution in [0.25, 0.3) is 0 Å². The highest BCUT2D eigenvalue weighted by Crippen LogP contribution is 2.22. The number of hydrogen-bond donors (Lipinski definition) is 2. The van der Waals surface area contributed by atoms with Crippen molar-refractivity contribution in [1.82, 2.24) is 4.98 Å². The zero-order valence-corrected chi connectivity index (χ0v) is 11.4. The number of nitrogens with zero attached hydrogens (tertiary/aromatic N) is 1. The number of anilines is 1. The Morgan fingerprint density at radius 1 is 1.50 bits per heavy atom. The molecule has 5 nitrogen and oxygen atoms in total. The lowest BCUT2D eigenvalue weighted by Gasteiger charge is -2.08. The number of nitrogens with one attached hydrogen (secondary N) is 1. The van der Waals surface area contributed by atoms with E-state index in [9.17, 15) is 8.42 Å². The maximum atomic E-state index is 12.1. The Bertz CT molecular complexity index is 650.